The minimum Gasteiger partial charge on any atom is -0.491 e. The van der Waals surface area contributed by atoms with Crippen LogP contribution in [0.1, 0.15) is 16.3 Å². The molecule has 2 heterocycles. The van der Waals surface area contributed by atoms with Gasteiger partial charge in [0.1, 0.15) is 5.75 Å². The van der Waals surface area contributed by atoms with Crippen LogP contribution in [-0.4, -0.2) is 16.6 Å². The zero-order valence-electron chi connectivity index (χ0n) is 10.0. The molecule has 2 aromatic rings. The average molecular weight is 328 g/mol. The van der Waals surface area contributed by atoms with E-state index in [-0.39, 0.29) is 0 Å². The highest BCUT2D eigenvalue weighted by Gasteiger charge is 2.06. The number of nitrogens with zero attached hydrogens (tertiary/aromatic N) is 2. The highest BCUT2D eigenvalue weighted by molar-refractivity contribution is 9.10. The van der Waals surface area contributed by atoms with Crippen molar-refractivity contribution >= 4 is 27.3 Å². The van der Waals surface area contributed by atoms with E-state index in [1.54, 1.807) is 17.5 Å². The molecule has 0 saturated carbocycles. The van der Waals surface area contributed by atoms with Gasteiger partial charge in [-0.1, -0.05) is 0 Å². The minimum atomic E-state index is 0.377. The second-order valence-corrected chi connectivity index (χ2v) is 5.62. The SMILES string of the molecule is Cc1ncsc1CCOc1cc(Br)cnc1CN. The quantitative estimate of drug-likeness (QED) is 0.917. The topological polar surface area (TPSA) is 61.0 Å². The van der Waals surface area contributed by atoms with Crippen molar-refractivity contribution in [2.75, 3.05) is 6.61 Å². The Morgan fingerprint density at radius 3 is 2.94 bits per heavy atom. The average Bonchev–Trinajstić information content (AvgIpc) is 2.76. The number of aromatic nitrogens is 2. The van der Waals surface area contributed by atoms with E-state index in [4.69, 9.17) is 10.5 Å². The van der Waals surface area contributed by atoms with Crippen molar-refractivity contribution in [3.05, 3.63) is 38.5 Å². The molecule has 0 unspecified atom stereocenters. The Bertz CT molecular complexity index is 530. The Kier molecular flexibility index (Phi) is 4.68. The fraction of sp³-hybridized carbons (Fsp3) is 0.333. The van der Waals surface area contributed by atoms with Gasteiger partial charge in [0.25, 0.3) is 0 Å². The third-order valence-electron chi connectivity index (χ3n) is 2.52. The molecular weight excluding hydrogens is 314 g/mol. The number of pyridine rings is 1. The number of halogens is 1. The van der Waals surface area contributed by atoms with Crippen molar-refractivity contribution in [3.8, 4) is 5.75 Å². The van der Waals surface area contributed by atoms with Crippen LogP contribution < -0.4 is 10.5 Å². The van der Waals surface area contributed by atoms with E-state index in [1.165, 1.54) is 4.88 Å². The van der Waals surface area contributed by atoms with Crippen LogP contribution in [0.4, 0.5) is 0 Å². The Balaban J connectivity index is 1.98. The predicted octanol–water partition coefficient (Wildman–Crippen LogP) is 2.69. The van der Waals surface area contributed by atoms with Gasteiger partial charge in [-0.05, 0) is 28.9 Å². The number of nitrogens with two attached hydrogens (primary N) is 1. The monoisotopic (exact) mass is 327 g/mol. The van der Waals surface area contributed by atoms with E-state index in [9.17, 15) is 0 Å². The molecule has 0 saturated heterocycles. The zero-order chi connectivity index (χ0) is 13.0. The van der Waals surface area contributed by atoms with Gasteiger partial charge < -0.3 is 10.5 Å². The van der Waals surface area contributed by atoms with E-state index in [0.29, 0.717) is 13.2 Å². The highest BCUT2D eigenvalue weighted by atomic mass is 79.9. The molecule has 2 rings (SSSR count). The first kappa shape index (κ1) is 13.5. The third-order valence-corrected chi connectivity index (χ3v) is 3.95. The van der Waals surface area contributed by atoms with Gasteiger partial charge in [-0.15, -0.1) is 11.3 Å². The molecule has 6 heteroatoms. The van der Waals surface area contributed by atoms with Gasteiger partial charge in [0.15, 0.2) is 0 Å². The van der Waals surface area contributed by atoms with Crippen molar-refractivity contribution in [1.29, 1.82) is 0 Å². The summed E-state index contributed by atoms with van der Waals surface area (Å²) in [6, 6.07) is 1.90. The van der Waals surface area contributed by atoms with Gasteiger partial charge in [-0.3, -0.25) is 4.98 Å². The largest absolute Gasteiger partial charge is 0.491 e. The summed E-state index contributed by atoms with van der Waals surface area (Å²) in [6.07, 6.45) is 2.58. The van der Waals surface area contributed by atoms with Gasteiger partial charge in [0.05, 0.1) is 23.5 Å². The summed E-state index contributed by atoms with van der Waals surface area (Å²) in [5.74, 6) is 0.744. The van der Waals surface area contributed by atoms with Crippen molar-refractivity contribution in [1.82, 2.24) is 9.97 Å². The highest BCUT2D eigenvalue weighted by Crippen LogP contribution is 2.21. The molecule has 2 aromatic heterocycles. The molecule has 0 amide bonds. The standard InChI is InChI=1S/C12H14BrN3OS/c1-8-12(18-7-16-8)2-3-17-11-4-9(13)6-15-10(11)5-14/h4,6-7H,2-3,5,14H2,1H3. The smallest absolute Gasteiger partial charge is 0.143 e. The van der Waals surface area contributed by atoms with Gasteiger partial charge in [0, 0.05) is 28.5 Å². The first-order chi connectivity index (χ1) is 8.70. The number of aryl methyl sites for hydroxylation is 1. The number of thiazole rings is 1. The molecule has 0 radical (unpaired) electrons. The molecule has 0 aromatic carbocycles. The van der Waals surface area contributed by atoms with Crippen molar-refractivity contribution < 1.29 is 4.74 Å². The van der Waals surface area contributed by atoms with Crippen LogP contribution >= 0.6 is 27.3 Å². The van der Waals surface area contributed by atoms with Crippen LogP contribution in [0.25, 0.3) is 0 Å². The first-order valence-corrected chi connectivity index (χ1v) is 7.24. The summed E-state index contributed by atoms with van der Waals surface area (Å²) >= 11 is 5.03. The maximum absolute atomic E-state index is 5.74. The van der Waals surface area contributed by atoms with Crippen LogP contribution in [0, 0.1) is 6.92 Å². The number of hydrogen-bond acceptors (Lipinski definition) is 5. The number of rotatable bonds is 5. The minimum absolute atomic E-state index is 0.377. The molecule has 0 aliphatic rings. The van der Waals surface area contributed by atoms with E-state index in [2.05, 4.69) is 25.9 Å². The summed E-state index contributed by atoms with van der Waals surface area (Å²) in [5.41, 5.74) is 9.34. The third kappa shape index (κ3) is 3.28. The lowest BCUT2D eigenvalue weighted by atomic mass is 10.3. The predicted molar refractivity (Wildman–Crippen MR) is 75.9 cm³/mol. The van der Waals surface area contributed by atoms with E-state index < -0.39 is 0 Å². The molecule has 0 spiro atoms. The molecule has 0 atom stereocenters. The lowest BCUT2D eigenvalue weighted by molar-refractivity contribution is 0.317. The van der Waals surface area contributed by atoms with Crippen molar-refractivity contribution in [2.24, 2.45) is 5.73 Å². The summed E-state index contributed by atoms with van der Waals surface area (Å²) in [5, 5.41) is 0. The Morgan fingerprint density at radius 1 is 1.44 bits per heavy atom. The van der Waals surface area contributed by atoms with Crippen molar-refractivity contribution in [2.45, 2.75) is 19.9 Å². The van der Waals surface area contributed by atoms with Crippen LogP contribution in [0.3, 0.4) is 0 Å². The molecule has 0 bridgehead atoms. The molecule has 0 aliphatic carbocycles. The molecule has 0 fully saturated rings. The Labute approximate surface area is 118 Å². The normalized spacial score (nSPS) is 10.6. The Morgan fingerprint density at radius 2 is 2.28 bits per heavy atom. The first-order valence-electron chi connectivity index (χ1n) is 5.57. The van der Waals surface area contributed by atoms with E-state index >= 15 is 0 Å². The van der Waals surface area contributed by atoms with E-state index in [0.717, 1.165) is 28.0 Å². The van der Waals surface area contributed by atoms with Crippen LogP contribution in [0.5, 0.6) is 5.75 Å². The fourth-order valence-corrected chi connectivity index (χ4v) is 2.62. The van der Waals surface area contributed by atoms with Gasteiger partial charge in [-0.2, -0.15) is 0 Å². The molecule has 0 aliphatic heterocycles. The van der Waals surface area contributed by atoms with Gasteiger partial charge in [-0.25, -0.2) is 4.98 Å². The van der Waals surface area contributed by atoms with Gasteiger partial charge in [0.2, 0.25) is 0 Å². The molecule has 2 N–H and O–H groups in total. The van der Waals surface area contributed by atoms with Crippen molar-refractivity contribution in [3.63, 3.8) is 0 Å². The van der Waals surface area contributed by atoms with Crippen LogP contribution in [0.2, 0.25) is 0 Å². The Hall–Kier alpha value is -0.980. The maximum Gasteiger partial charge on any atom is 0.143 e. The number of hydrogen-bond donors (Lipinski definition) is 1. The summed E-state index contributed by atoms with van der Waals surface area (Å²) in [4.78, 5) is 9.69. The lowest BCUT2D eigenvalue weighted by Gasteiger charge is -2.09. The summed E-state index contributed by atoms with van der Waals surface area (Å²) in [7, 11) is 0. The van der Waals surface area contributed by atoms with Crippen LogP contribution in [0.15, 0.2) is 22.2 Å². The maximum atomic E-state index is 5.74. The second-order valence-electron chi connectivity index (χ2n) is 3.76. The van der Waals surface area contributed by atoms with Gasteiger partial charge >= 0.3 is 0 Å². The number of ether oxygens (including phenoxy) is 1. The summed E-state index contributed by atoms with van der Waals surface area (Å²) < 4.78 is 6.64. The second kappa shape index (κ2) is 6.26. The van der Waals surface area contributed by atoms with E-state index in [1.807, 2.05) is 18.5 Å². The molecular formula is C12H14BrN3OS. The molecule has 96 valence electrons. The molecule has 18 heavy (non-hydrogen) atoms. The zero-order valence-corrected chi connectivity index (χ0v) is 12.4. The van der Waals surface area contributed by atoms with Crippen LogP contribution in [-0.2, 0) is 13.0 Å². The summed E-state index contributed by atoms with van der Waals surface area (Å²) in [6.45, 7) is 2.99. The lowest BCUT2D eigenvalue weighted by Crippen LogP contribution is -2.07. The molecule has 4 nitrogen and oxygen atoms in total. The fourth-order valence-electron chi connectivity index (χ4n) is 1.55.